The van der Waals surface area contributed by atoms with Gasteiger partial charge in [0.25, 0.3) is 0 Å². The third-order valence-electron chi connectivity index (χ3n) is 3.27. The first-order valence-corrected chi connectivity index (χ1v) is 9.03. The van der Waals surface area contributed by atoms with E-state index in [4.69, 9.17) is 32.7 Å². The molecule has 0 atom stereocenters. The van der Waals surface area contributed by atoms with Crippen molar-refractivity contribution < 1.29 is 17.9 Å². The zero-order valence-electron chi connectivity index (χ0n) is 11.9. The Kier molecular flexibility index (Phi) is 4.68. The topological polar surface area (TPSA) is 64.6 Å². The minimum absolute atomic E-state index is 0.0597. The van der Waals surface area contributed by atoms with E-state index in [0.717, 1.165) is 5.56 Å². The Bertz CT molecular complexity index is 839. The Morgan fingerprint density at radius 2 is 1.70 bits per heavy atom. The van der Waals surface area contributed by atoms with Crippen molar-refractivity contribution in [2.24, 2.45) is 0 Å². The van der Waals surface area contributed by atoms with Crippen LogP contribution in [0, 0.1) is 0 Å². The van der Waals surface area contributed by atoms with Crippen LogP contribution in [0.2, 0.25) is 10.0 Å². The molecule has 0 radical (unpaired) electrons. The smallest absolute Gasteiger partial charge is 0.240 e. The van der Waals surface area contributed by atoms with Gasteiger partial charge in [-0.05, 0) is 35.9 Å². The summed E-state index contributed by atoms with van der Waals surface area (Å²) < 4.78 is 38.0. The van der Waals surface area contributed by atoms with Crippen molar-refractivity contribution in [1.82, 2.24) is 4.72 Å². The first-order chi connectivity index (χ1) is 11.0. The maximum absolute atomic E-state index is 12.3. The van der Waals surface area contributed by atoms with E-state index in [1.54, 1.807) is 18.2 Å². The lowest BCUT2D eigenvalue weighted by Crippen LogP contribution is -2.23. The van der Waals surface area contributed by atoms with Gasteiger partial charge in [0.05, 0.1) is 14.9 Å². The average molecular weight is 374 g/mol. The number of hydrogen-bond donors (Lipinski definition) is 1. The molecule has 1 heterocycles. The van der Waals surface area contributed by atoms with Crippen molar-refractivity contribution in [3.8, 4) is 11.5 Å². The molecule has 1 N–H and O–H groups in total. The highest BCUT2D eigenvalue weighted by Gasteiger charge is 2.16. The van der Waals surface area contributed by atoms with E-state index < -0.39 is 10.0 Å². The van der Waals surface area contributed by atoms with Crippen LogP contribution >= 0.6 is 23.2 Å². The Labute approximate surface area is 144 Å². The normalized spacial score (nSPS) is 13.8. The van der Waals surface area contributed by atoms with Crippen molar-refractivity contribution in [3.05, 3.63) is 52.0 Å². The summed E-state index contributed by atoms with van der Waals surface area (Å²) in [5, 5.41) is 0.492. The molecule has 0 saturated carbocycles. The van der Waals surface area contributed by atoms with E-state index in [1.807, 2.05) is 0 Å². The Morgan fingerprint density at radius 1 is 0.957 bits per heavy atom. The Morgan fingerprint density at radius 3 is 2.43 bits per heavy atom. The van der Waals surface area contributed by atoms with Gasteiger partial charge in [-0.25, -0.2) is 13.1 Å². The van der Waals surface area contributed by atoms with Crippen molar-refractivity contribution in [3.63, 3.8) is 0 Å². The summed E-state index contributed by atoms with van der Waals surface area (Å²) in [7, 11) is -3.68. The Balaban J connectivity index is 1.75. The number of sulfonamides is 1. The molecule has 3 rings (SSSR count). The average Bonchev–Trinajstić information content (AvgIpc) is 2.55. The summed E-state index contributed by atoms with van der Waals surface area (Å²) in [6.07, 6.45) is 0. The van der Waals surface area contributed by atoms with Crippen molar-refractivity contribution in [2.45, 2.75) is 11.4 Å². The van der Waals surface area contributed by atoms with E-state index in [1.165, 1.54) is 18.2 Å². The van der Waals surface area contributed by atoms with Crippen LogP contribution < -0.4 is 14.2 Å². The minimum Gasteiger partial charge on any atom is -0.486 e. The number of rotatable bonds is 4. The first kappa shape index (κ1) is 16.4. The Hall–Kier alpha value is -1.47. The third-order valence-corrected chi connectivity index (χ3v) is 5.41. The SMILES string of the molecule is O=S(=O)(NCc1ccc2c(c1)OCCO2)c1ccc(Cl)c(Cl)c1. The molecule has 8 heteroatoms. The van der Waals surface area contributed by atoms with Crippen LogP contribution in [-0.2, 0) is 16.6 Å². The number of hydrogen-bond acceptors (Lipinski definition) is 4. The van der Waals surface area contributed by atoms with Crippen LogP contribution in [0.15, 0.2) is 41.3 Å². The van der Waals surface area contributed by atoms with Gasteiger partial charge in [-0.3, -0.25) is 0 Å². The zero-order chi connectivity index (χ0) is 16.4. The van der Waals surface area contributed by atoms with Crippen LogP contribution in [0.5, 0.6) is 11.5 Å². The lowest BCUT2D eigenvalue weighted by atomic mass is 10.2. The molecule has 0 aliphatic carbocycles. The third kappa shape index (κ3) is 3.72. The van der Waals surface area contributed by atoms with Gasteiger partial charge in [0, 0.05) is 6.54 Å². The fraction of sp³-hybridized carbons (Fsp3) is 0.200. The predicted molar refractivity (Wildman–Crippen MR) is 87.9 cm³/mol. The quantitative estimate of drug-likeness (QED) is 0.893. The summed E-state index contributed by atoms with van der Waals surface area (Å²) in [4.78, 5) is 0.0597. The van der Waals surface area contributed by atoms with Crippen LogP contribution in [0.3, 0.4) is 0 Å². The maximum Gasteiger partial charge on any atom is 0.240 e. The molecule has 1 aliphatic heterocycles. The van der Waals surface area contributed by atoms with Crippen molar-refractivity contribution in [2.75, 3.05) is 13.2 Å². The molecule has 23 heavy (non-hydrogen) atoms. The summed E-state index contributed by atoms with van der Waals surface area (Å²) in [5.41, 5.74) is 0.762. The van der Waals surface area contributed by atoms with Crippen LogP contribution in [-0.4, -0.2) is 21.6 Å². The van der Waals surface area contributed by atoms with E-state index >= 15 is 0 Å². The summed E-state index contributed by atoms with van der Waals surface area (Å²) in [5.74, 6) is 1.27. The van der Waals surface area contributed by atoms with Crippen LogP contribution in [0.25, 0.3) is 0 Å². The van der Waals surface area contributed by atoms with Crippen molar-refractivity contribution >= 4 is 33.2 Å². The van der Waals surface area contributed by atoms with Gasteiger partial charge >= 0.3 is 0 Å². The fourth-order valence-electron chi connectivity index (χ4n) is 2.10. The van der Waals surface area contributed by atoms with Crippen molar-refractivity contribution in [1.29, 1.82) is 0 Å². The second-order valence-corrected chi connectivity index (χ2v) is 7.46. The van der Waals surface area contributed by atoms with Crippen LogP contribution in [0.1, 0.15) is 5.56 Å². The number of benzene rings is 2. The molecular formula is C15H13Cl2NO4S. The number of nitrogens with one attached hydrogen (secondary N) is 1. The highest BCUT2D eigenvalue weighted by Crippen LogP contribution is 2.31. The highest BCUT2D eigenvalue weighted by atomic mass is 35.5. The molecule has 0 fully saturated rings. The van der Waals surface area contributed by atoms with Gasteiger partial charge in [0.2, 0.25) is 10.0 Å². The molecule has 0 bridgehead atoms. The standard InChI is InChI=1S/C15H13Cl2NO4S/c16-12-3-2-11(8-13(12)17)23(19,20)18-9-10-1-4-14-15(7-10)22-6-5-21-14/h1-4,7-8,18H,5-6,9H2. The summed E-state index contributed by atoms with van der Waals surface area (Å²) >= 11 is 11.7. The lowest BCUT2D eigenvalue weighted by Gasteiger charge is -2.19. The van der Waals surface area contributed by atoms with Gasteiger partial charge in [-0.1, -0.05) is 29.3 Å². The molecule has 2 aromatic carbocycles. The molecule has 1 aliphatic rings. The van der Waals surface area contributed by atoms with E-state index in [-0.39, 0.29) is 16.5 Å². The summed E-state index contributed by atoms with van der Waals surface area (Å²) in [6, 6.07) is 9.47. The lowest BCUT2D eigenvalue weighted by molar-refractivity contribution is 0.171. The molecule has 0 saturated heterocycles. The molecule has 2 aromatic rings. The second kappa shape index (κ2) is 6.57. The largest absolute Gasteiger partial charge is 0.486 e. The fourth-order valence-corrected chi connectivity index (χ4v) is 3.51. The monoisotopic (exact) mass is 373 g/mol. The molecule has 122 valence electrons. The molecule has 0 spiro atoms. The van der Waals surface area contributed by atoms with E-state index in [2.05, 4.69) is 4.72 Å². The van der Waals surface area contributed by atoms with Gasteiger partial charge in [-0.15, -0.1) is 0 Å². The minimum atomic E-state index is -3.68. The highest BCUT2D eigenvalue weighted by molar-refractivity contribution is 7.89. The van der Waals surface area contributed by atoms with Crippen LogP contribution in [0.4, 0.5) is 0 Å². The van der Waals surface area contributed by atoms with E-state index in [0.29, 0.717) is 29.7 Å². The van der Waals surface area contributed by atoms with Gasteiger partial charge in [-0.2, -0.15) is 0 Å². The van der Waals surface area contributed by atoms with E-state index in [9.17, 15) is 8.42 Å². The molecular weight excluding hydrogens is 361 g/mol. The summed E-state index contributed by atoms with van der Waals surface area (Å²) in [6.45, 7) is 1.11. The first-order valence-electron chi connectivity index (χ1n) is 6.79. The maximum atomic E-state index is 12.3. The molecule has 5 nitrogen and oxygen atoms in total. The number of halogens is 2. The molecule has 0 aromatic heterocycles. The number of ether oxygens (including phenoxy) is 2. The molecule has 0 unspecified atom stereocenters. The van der Waals surface area contributed by atoms with Gasteiger partial charge in [0.15, 0.2) is 11.5 Å². The number of fused-ring (bicyclic) bond motifs is 1. The zero-order valence-corrected chi connectivity index (χ0v) is 14.2. The second-order valence-electron chi connectivity index (χ2n) is 4.88. The molecule has 0 amide bonds. The van der Waals surface area contributed by atoms with Gasteiger partial charge in [0.1, 0.15) is 13.2 Å². The van der Waals surface area contributed by atoms with Gasteiger partial charge < -0.3 is 9.47 Å². The predicted octanol–water partition coefficient (Wildman–Crippen LogP) is 3.24.